The van der Waals surface area contributed by atoms with Crippen molar-refractivity contribution >= 4 is 11.9 Å². The van der Waals surface area contributed by atoms with Crippen molar-refractivity contribution in [3.63, 3.8) is 0 Å². The summed E-state index contributed by atoms with van der Waals surface area (Å²) in [6.45, 7) is -2.44. The zero-order valence-corrected chi connectivity index (χ0v) is 12.8. The fraction of sp³-hybridized carbons (Fsp3) is 0.250. The summed E-state index contributed by atoms with van der Waals surface area (Å²) < 4.78 is 48.3. The first-order valence-corrected chi connectivity index (χ1v) is 7.07. The van der Waals surface area contributed by atoms with Crippen LogP contribution in [0.4, 0.5) is 13.2 Å². The number of halogens is 3. The van der Waals surface area contributed by atoms with Crippen LogP contribution in [0.15, 0.2) is 47.1 Å². The minimum atomic E-state index is -4.58. The van der Waals surface area contributed by atoms with Crippen molar-refractivity contribution < 1.29 is 37.0 Å². The van der Waals surface area contributed by atoms with Crippen molar-refractivity contribution in [1.29, 1.82) is 0 Å². The molecule has 1 N–H and O–H groups in total. The molecule has 0 aliphatic rings. The molecule has 0 unspecified atom stereocenters. The molecule has 0 spiro atoms. The Morgan fingerprint density at radius 1 is 1.20 bits per heavy atom. The van der Waals surface area contributed by atoms with Crippen molar-refractivity contribution in [2.75, 3.05) is 13.2 Å². The van der Waals surface area contributed by atoms with Gasteiger partial charge in [0.05, 0.1) is 12.8 Å². The first-order chi connectivity index (χ1) is 11.7. The third kappa shape index (κ3) is 5.87. The van der Waals surface area contributed by atoms with Gasteiger partial charge >= 0.3 is 12.1 Å². The predicted octanol–water partition coefficient (Wildman–Crippen LogP) is 2.95. The minimum Gasteiger partial charge on any atom is -0.482 e. The molecule has 25 heavy (non-hydrogen) atoms. The lowest BCUT2D eigenvalue weighted by Crippen LogP contribution is -2.38. The summed E-state index contributed by atoms with van der Waals surface area (Å²) >= 11 is 0. The Balaban J connectivity index is 2.19. The molecule has 1 heterocycles. The second-order valence-corrected chi connectivity index (χ2v) is 5.07. The minimum absolute atomic E-state index is 0.0568. The number of carbonyl (C=O) groups excluding carboxylic acids is 1. The predicted molar refractivity (Wildman–Crippen MR) is 79.1 cm³/mol. The number of hydrogen-bond acceptors (Lipinski definition) is 4. The molecule has 0 saturated carbocycles. The highest BCUT2D eigenvalue weighted by Gasteiger charge is 2.34. The Hall–Kier alpha value is -2.97. The summed E-state index contributed by atoms with van der Waals surface area (Å²) in [5.74, 6) is -1.82. The molecule has 1 amide bonds. The molecule has 0 aliphatic carbocycles. The van der Waals surface area contributed by atoms with Gasteiger partial charge in [-0.3, -0.25) is 4.79 Å². The van der Waals surface area contributed by atoms with E-state index in [0.29, 0.717) is 4.90 Å². The molecule has 0 bridgehead atoms. The largest absolute Gasteiger partial charge is 0.482 e. The van der Waals surface area contributed by atoms with Crippen LogP contribution in [0.1, 0.15) is 16.1 Å². The van der Waals surface area contributed by atoms with Crippen LogP contribution in [0, 0.1) is 0 Å². The number of amides is 1. The second-order valence-electron chi connectivity index (χ2n) is 5.07. The lowest BCUT2D eigenvalue weighted by Gasteiger charge is -2.23. The standard InChI is InChI=1S/C16H14F3NO5/c17-16(18,19)10-20(8-13-5-2-6-24-13)15(23)11-3-1-4-12(7-11)25-9-14(21)22/h1-7H,8-10H2,(H,21,22). The monoisotopic (exact) mass is 357 g/mol. The number of ether oxygens (including phenoxy) is 1. The number of carboxylic acid groups (broad SMARTS) is 1. The molecule has 0 fully saturated rings. The molecule has 0 radical (unpaired) electrons. The highest BCUT2D eigenvalue weighted by molar-refractivity contribution is 5.94. The number of nitrogens with zero attached hydrogens (tertiary/aromatic N) is 1. The zero-order chi connectivity index (χ0) is 18.4. The van der Waals surface area contributed by atoms with Gasteiger partial charge < -0.3 is 19.2 Å². The highest BCUT2D eigenvalue weighted by atomic mass is 19.4. The van der Waals surface area contributed by atoms with E-state index in [4.69, 9.17) is 14.3 Å². The van der Waals surface area contributed by atoms with Crippen LogP contribution in [0.2, 0.25) is 0 Å². The van der Waals surface area contributed by atoms with Gasteiger partial charge in [0, 0.05) is 5.56 Å². The van der Waals surface area contributed by atoms with E-state index in [2.05, 4.69) is 0 Å². The van der Waals surface area contributed by atoms with Crippen molar-refractivity contribution in [3.05, 3.63) is 54.0 Å². The van der Waals surface area contributed by atoms with Crippen LogP contribution in [0.25, 0.3) is 0 Å². The maximum absolute atomic E-state index is 12.8. The molecule has 0 atom stereocenters. The van der Waals surface area contributed by atoms with Gasteiger partial charge in [0.1, 0.15) is 18.1 Å². The third-order valence-corrected chi connectivity index (χ3v) is 3.03. The Kier molecular flexibility index (Phi) is 5.68. The number of furan rings is 1. The number of carbonyl (C=O) groups is 2. The van der Waals surface area contributed by atoms with E-state index in [-0.39, 0.29) is 23.6 Å². The molecule has 0 aliphatic heterocycles. The van der Waals surface area contributed by atoms with Crippen LogP contribution in [-0.4, -0.2) is 41.2 Å². The number of rotatable bonds is 7. The summed E-state index contributed by atoms with van der Waals surface area (Å²) in [4.78, 5) is 23.5. The van der Waals surface area contributed by atoms with E-state index < -0.39 is 31.2 Å². The smallest absolute Gasteiger partial charge is 0.406 e. The highest BCUT2D eigenvalue weighted by Crippen LogP contribution is 2.22. The van der Waals surface area contributed by atoms with E-state index in [1.54, 1.807) is 0 Å². The Morgan fingerprint density at radius 2 is 1.96 bits per heavy atom. The molecule has 2 rings (SSSR count). The van der Waals surface area contributed by atoms with Gasteiger partial charge in [0.2, 0.25) is 0 Å². The number of hydrogen-bond donors (Lipinski definition) is 1. The molecule has 0 saturated heterocycles. The van der Waals surface area contributed by atoms with Gasteiger partial charge in [-0.25, -0.2) is 4.79 Å². The fourth-order valence-corrected chi connectivity index (χ4v) is 2.05. The first kappa shape index (κ1) is 18.4. The molecule has 1 aromatic carbocycles. The van der Waals surface area contributed by atoms with Gasteiger partial charge in [0.25, 0.3) is 5.91 Å². The van der Waals surface area contributed by atoms with Crippen LogP contribution < -0.4 is 4.74 Å². The maximum Gasteiger partial charge on any atom is 0.406 e. The number of alkyl halides is 3. The molecule has 134 valence electrons. The summed E-state index contributed by atoms with van der Waals surface area (Å²) in [7, 11) is 0. The topological polar surface area (TPSA) is 80.0 Å². The van der Waals surface area contributed by atoms with E-state index >= 15 is 0 Å². The van der Waals surface area contributed by atoms with Crippen LogP contribution in [-0.2, 0) is 11.3 Å². The molecular weight excluding hydrogens is 343 g/mol. The molecule has 9 heteroatoms. The molecule has 1 aromatic heterocycles. The molecule has 6 nitrogen and oxygen atoms in total. The van der Waals surface area contributed by atoms with Gasteiger partial charge in [-0.15, -0.1) is 0 Å². The Labute approximate surface area is 140 Å². The average molecular weight is 357 g/mol. The summed E-state index contributed by atoms with van der Waals surface area (Å²) in [6.07, 6.45) is -3.29. The van der Waals surface area contributed by atoms with E-state index in [9.17, 15) is 22.8 Å². The molecular formula is C16H14F3NO5. The lowest BCUT2D eigenvalue weighted by molar-refractivity contribution is -0.142. The van der Waals surface area contributed by atoms with Gasteiger partial charge in [-0.1, -0.05) is 6.07 Å². The zero-order valence-electron chi connectivity index (χ0n) is 12.8. The summed E-state index contributed by atoms with van der Waals surface area (Å²) in [5.41, 5.74) is -0.0568. The van der Waals surface area contributed by atoms with Crippen LogP contribution in [0.5, 0.6) is 5.75 Å². The van der Waals surface area contributed by atoms with Crippen molar-refractivity contribution in [3.8, 4) is 5.75 Å². The van der Waals surface area contributed by atoms with Crippen molar-refractivity contribution in [2.24, 2.45) is 0 Å². The number of carboxylic acids is 1. The Morgan fingerprint density at radius 3 is 2.56 bits per heavy atom. The third-order valence-electron chi connectivity index (χ3n) is 3.03. The van der Waals surface area contributed by atoms with Gasteiger partial charge in [-0.05, 0) is 30.3 Å². The average Bonchev–Trinajstić information content (AvgIpc) is 3.03. The number of benzene rings is 1. The van der Waals surface area contributed by atoms with Crippen LogP contribution >= 0.6 is 0 Å². The Bertz CT molecular complexity index is 728. The second kappa shape index (κ2) is 7.73. The SMILES string of the molecule is O=C(O)COc1cccc(C(=O)N(Cc2ccco2)CC(F)(F)F)c1. The normalized spacial score (nSPS) is 11.2. The first-order valence-electron chi connectivity index (χ1n) is 7.07. The summed E-state index contributed by atoms with van der Waals surface area (Å²) in [5, 5.41) is 8.58. The van der Waals surface area contributed by atoms with E-state index in [1.807, 2.05) is 0 Å². The number of aliphatic carboxylic acids is 1. The van der Waals surface area contributed by atoms with Crippen molar-refractivity contribution in [1.82, 2.24) is 4.90 Å². The lowest BCUT2D eigenvalue weighted by atomic mass is 10.2. The fourth-order valence-electron chi connectivity index (χ4n) is 2.05. The van der Waals surface area contributed by atoms with Gasteiger partial charge in [-0.2, -0.15) is 13.2 Å². The van der Waals surface area contributed by atoms with Crippen LogP contribution in [0.3, 0.4) is 0 Å². The van der Waals surface area contributed by atoms with Crippen molar-refractivity contribution in [2.45, 2.75) is 12.7 Å². The van der Waals surface area contributed by atoms with Gasteiger partial charge in [0.15, 0.2) is 6.61 Å². The van der Waals surface area contributed by atoms with E-state index in [0.717, 1.165) is 0 Å². The molecule has 2 aromatic rings. The maximum atomic E-state index is 12.8. The van der Waals surface area contributed by atoms with E-state index in [1.165, 1.54) is 42.7 Å². The summed E-state index contributed by atoms with van der Waals surface area (Å²) in [6, 6.07) is 8.27. The quantitative estimate of drug-likeness (QED) is 0.824.